The average molecular weight is 356 g/mol. The molecule has 86 valence electrons. The summed E-state index contributed by atoms with van der Waals surface area (Å²) in [5.74, 6) is 0. The quantitative estimate of drug-likeness (QED) is 0.817. The van der Waals surface area contributed by atoms with Gasteiger partial charge < -0.3 is 10.6 Å². The number of thiophene rings is 1. The highest BCUT2D eigenvalue weighted by Gasteiger charge is 2.06. The van der Waals surface area contributed by atoms with E-state index < -0.39 is 0 Å². The zero-order valence-electron chi connectivity index (χ0n) is 8.94. The number of likely N-dealkylation sites (N-methyl/N-ethyl adjacent to an activating group) is 1. The van der Waals surface area contributed by atoms with Crippen molar-refractivity contribution in [2.45, 2.75) is 26.4 Å². The molecule has 0 saturated carbocycles. The van der Waals surface area contributed by atoms with Crippen LogP contribution < -0.4 is 10.6 Å². The molecular weight excluding hydrogens is 340 g/mol. The third kappa shape index (κ3) is 4.95. The van der Waals surface area contributed by atoms with E-state index in [0.29, 0.717) is 6.04 Å². The molecule has 5 heteroatoms. The van der Waals surface area contributed by atoms with Crippen LogP contribution in [0.25, 0.3) is 0 Å². The lowest BCUT2D eigenvalue weighted by molar-refractivity contribution is 0.509. The summed E-state index contributed by atoms with van der Waals surface area (Å²) in [4.78, 5) is 0. The average Bonchev–Trinajstić information content (AvgIpc) is 2.51. The van der Waals surface area contributed by atoms with E-state index in [2.05, 4.69) is 62.4 Å². The smallest absolute Gasteiger partial charge is 0.0755 e. The maximum absolute atomic E-state index is 3.55. The molecule has 0 radical (unpaired) electrons. The fourth-order valence-electron chi connectivity index (χ4n) is 1.21. The Balaban J connectivity index is 2.33. The van der Waals surface area contributed by atoms with Crippen molar-refractivity contribution in [3.63, 3.8) is 0 Å². The summed E-state index contributed by atoms with van der Waals surface area (Å²) in [5, 5.41) is 6.80. The van der Waals surface area contributed by atoms with Crippen molar-refractivity contribution in [3.8, 4) is 0 Å². The van der Waals surface area contributed by atoms with Crippen LogP contribution in [-0.2, 0) is 6.54 Å². The van der Waals surface area contributed by atoms with Gasteiger partial charge in [0.25, 0.3) is 0 Å². The molecule has 1 heterocycles. The topological polar surface area (TPSA) is 24.1 Å². The Hall–Kier alpha value is 0.580. The molecule has 0 aliphatic heterocycles. The van der Waals surface area contributed by atoms with E-state index in [-0.39, 0.29) is 0 Å². The maximum atomic E-state index is 3.55. The maximum Gasteiger partial charge on any atom is 0.0755 e. The Bertz CT molecular complexity index is 302. The Morgan fingerprint density at radius 3 is 2.73 bits per heavy atom. The molecule has 0 aliphatic carbocycles. The van der Waals surface area contributed by atoms with E-state index in [1.54, 1.807) is 11.3 Å². The second-order valence-electron chi connectivity index (χ2n) is 3.44. The van der Waals surface area contributed by atoms with Crippen molar-refractivity contribution < 1.29 is 0 Å². The zero-order valence-corrected chi connectivity index (χ0v) is 12.9. The summed E-state index contributed by atoms with van der Waals surface area (Å²) in [5.41, 5.74) is 1.32. The van der Waals surface area contributed by atoms with Crippen LogP contribution in [0.4, 0.5) is 0 Å². The van der Waals surface area contributed by atoms with Gasteiger partial charge in [-0.15, -0.1) is 11.3 Å². The number of nitrogens with one attached hydrogen (secondary N) is 2. The van der Waals surface area contributed by atoms with Gasteiger partial charge in [-0.1, -0.05) is 6.92 Å². The van der Waals surface area contributed by atoms with Gasteiger partial charge in [-0.2, -0.15) is 0 Å². The van der Waals surface area contributed by atoms with Gasteiger partial charge in [0.2, 0.25) is 0 Å². The lowest BCUT2D eigenvalue weighted by Gasteiger charge is -2.13. The van der Waals surface area contributed by atoms with Crippen LogP contribution in [0.15, 0.2) is 13.6 Å². The lowest BCUT2D eigenvalue weighted by Crippen LogP contribution is -2.35. The summed E-state index contributed by atoms with van der Waals surface area (Å²) in [7, 11) is 0. The summed E-state index contributed by atoms with van der Waals surface area (Å²) in [6, 6.07) is 2.65. The van der Waals surface area contributed by atoms with Crippen molar-refractivity contribution in [1.82, 2.24) is 10.6 Å². The Morgan fingerprint density at radius 2 is 2.20 bits per heavy atom. The van der Waals surface area contributed by atoms with Gasteiger partial charge in [0.1, 0.15) is 0 Å². The molecule has 0 saturated heterocycles. The first-order valence-corrected chi connectivity index (χ1v) is 7.41. The van der Waals surface area contributed by atoms with Gasteiger partial charge in [-0.05, 0) is 57.0 Å². The van der Waals surface area contributed by atoms with Gasteiger partial charge >= 0.3 is 0 Å². The van der Waals surface area contributed by atoms with Crippen LogP contribution in [0.1, 0.15) is 19.4 Å². The van der Waals surface area contributed by atoms with Crippen LogP contribution in [0.3, 0.4) is 0 Å². The van der Waals surface area contributed by atoms with E-state index in [1.165, 1.54) is 13.1 Å². The minimum Gasteiger partial charge on any atom is -0.315 e. The van der Waals surface area contributed by atoms with Crippen LogP contribution in [0, 0.1) is 0 Å². The molecule has 0 fully saturated rings. The van der Waals surface area contributed by atoms with Gasteiger partial charge in [0.15, 0.2) is 0 Å². The molecule has 0 spiro atoms. The minimum absolute atomic E-state index is 0.496. The van der Waals surface area contributed by atoms with Crippen molar-refractivity contribution in [2.75, 3.05) is 13.1 Å². The number of rotatable bonds is 6. The first-order valence-electron chi connectivity index (χ1n) is 5.01. The van der Waals surface area contributed by atoms with E-state index in [4.69, 9.17) is 0 Å². The Kier molecular flexibility index (Phi) is 6.38. The second kappa shape index (κ2) is 7.01. The predicted molar refractivity (Wildman–Crippen MR) is 74.6 cm³/mol. The first kappa shape index (κ1) is 13.6. The molecule has 15 heavy (non-hydrogen) atoms. The van der Waals surface area contributed by atoms with Gasteiger partial charge in [-0.3, -0.25) is 0 Å². The third-order valence-electron chi connectivity index (χ3n) is 2.07. The molecule has 1 atom stereocenters. The summed E-state index contributed by atoms with van der Waals surface area (Å²) in [6.07, 6.45) is 0. The molecule has 1 unspecified atom stereocenters. The highest BCUT2D eigenvalue weighted by molar-refractivity contribution is 9.12. The predicted octanol–water partition coefficient (Wildman–Crippen LogP) is 3.36. The molecule has 1 rings (SSSR count). The molecule has 1 aromatic heterocycles. The first-order chi connectivity index (χ1) is 7.13. The van der Waals surface area contributed by atoms with Gasteiger partial charge in [0.05, 0.1) is 7.57 Å². The number of hydrogen-bond acceptors (Lipinski definition) is 3. The molecule has 0 aromatic carbocycles. The summed E-state index contributed by atoms with van der Waals surface area (Å²) >= 11 is 8.75. The SMILES string of the molecule is CCNCC(C)NCc1cc(Br)sc1Br. The Labute approximate surface area is 112 Å². The molecule has 2 nitrogen and oxygen atoms in total. The zero-order chi connectivity index (χ0) is 11.3. The number of hydrogen-bond donors (Lipinski definition) is 2. The fourth-order valence-corrected chi connectivity index (χ4v) is 4.04. The monoisotopic (exact) mass is 354 g/mol. The van der Waals surface area contributed by atoms with Crippen molar-refractivity contribution in [3.05, 3.63) is 19.2 Å². The van der Waals surface area contributed by atoms with E-state index >= 15 is 0 Å². The third-order valence-corrected chi connectivity index (χ3v) is 4.53. The second-order valence-corrected chi connectivity index (χ2v) is 7.19. The van der Waals surface area contributed by atoms with E-state index in [0.717, 1.165) is 19.6 Å². The Morgan fingerprint density at radius 1 is 1.47 bits per heavy atom. The largest absolute Gasteiger partial charge is 0.315 e. The molecule has 2 N–H and O–H groups in total. The van der Waals surface area contributed by atoms with Crippen LogP contribution in [0.5, 0.6) is 0 Å². The van der Waals surface area contributed by atoms with Gasteiger partial charge in [-0.25, -0.2) is 0 Å². The van der Waals surface area contributed by atoms with Crippen LogP contribution in [0.2, 0.25) is 0 Å². The highest BCUT2D eigenvalue weighted by atomic mass is 79.9. The highest BCUT2D eigenvalue weighted by Crippen LogP contribution is 2.31. The molecule has 0 bridgehead atoms. The summed E-state index contributed by atoms with van der Waals surface area (Å²) < 4.78 is 2.38. The molecule has 0 aliphatic rings. The van der Waals surface area contributed by atoms with E-state index in [9.17, 15) is 0 Å². The van der Waals surface area contributed by atoms with Gasteiger partial charge in [0, 0.05) is 19.1 Å². The fraction of sp³-hybridized carbons (Fsp3) is 0.600. The molecule has 1 aromatic rings. The van der Waals surface area contributed by atoms with Crippen LogP contribution >= 0.6 is 43.2 Å². The van der Waals surface area contributed by atoms with Crippen molar-refractivity contribution >= 4 is 43.2 Å². The minimum atomic E-state index is 0.496. The number of halogens is 2. The summed E-state index contributed by atoms with van der Waals surface area (Å²) in [6.45, 7) is 7.27. The standard InChI is InChI=1S/C10H16Br2N2S/c1-3-13-5-7(2)14-6-8-4-9(11)15-10(8)12/h4,7,13-14H,3,5-6H2,1-2H3. The normalized spacial score (nSPS) is 13.1. The van der Waals surface area contributed by atoms with Crippen LogP contribution in [-0.4, -0.2) is 19.1 Å². The van der Waals surface area contributed by atoms with Crippen molar-refractivity contribution in [1.29, 1.82) is 0 Å². The lowest BCUT2D eigenvalue weighted by atomic mass is 10.3. The van der Waals surface area contributed by atoms with E-state index in [1.807, 2.05) is 0 Å². The van der Waals surface area contributed by atoms with Crippen molar-refractivity contribution in [2.24, 2.45) is 0 Å². The molecule has 0 amide bonds. The molecular formula is C10H16Br2N2S.